The van der Waals surface area contributed by atoms with E-state index in [4.69, 9.17) is 19.6 Å². The van der Waals surface area contributed by atoms with E-state index in [2.05, 4.69) is 34.8 Å². The predicted octanol–water partition coefficient (Wildman–Crippen LogP) is 7.79. The molecule has 376 valence electrons. The van der Waals surface area contributed by atoms with Gasteiger partial charge in [0, 0.05) is 55.1 Å². The SMILES string of the molecule is Cc1c(-c2ccc(N3CCc4cccc(C(=O)Nc5nc6ccccc6s5)c4C3)nc2C(=O)O)cnn1CC12CC3(C)CC(C)(C1)CC(OCCNC(=O)C(CC(=O)O)NCCC(=O)OC(C)(C)C)(C3)C2. The summed E-state index contributed by atoms with van der Waals surface area (Å²) in [5.41, 5.74) is 4.06. The normalized spacial score (nSPS) is 23.8. The number of para-hydroxylation sites is 1. The summed E-state index contributed by atoms with van der Waals surface area (Å²) in [5.74, 6) is -2.94. The highest BCUT2D eigenvalue weighted by Crippen LogP contribution is 2.72. The standard InChI is InChI=1S/C53H64N8O9S/c1-32-36(34-14-15-41(58-44(34)47(67)68)60-20-17-33-10-9-11-35(37(33)24-60)45(65)59-48-57-38-12-7-8-13-40(38)71-48)23-56-61(32)31-52-26-50(5)25-51(6,27-52)29-53(28-50,30-52)69-21-19-55-46(66)39(22-42(62)63)54-18-16-43(64)70-49(2,3)4/h7-15,23,39,54H,16-22,24-31H2,1-6H3,(H,55,66)(H,62,63)(H,67,68)(H,57,59,65). The highest BCUT2D eigenvalue weighted by Gasteiger charge is 2.66. The zero-order valence-corrected chi connectivity index (χ0v) is 42.2. The Labute approximate surface area is 417 Å². The topological polar surface area (TPSA) is 227 Å². The molecule has 1 aliphatic heterocycles. The summed E-state index contributed by atoms with van der Waals surface area (Å²) in [7, 11) is 0. The number of hydrogen-bond acceptors (Lipinski definition) is 13. The largest absolute Gasteiger partial charge is 0.481 e. The number of aromatic carboxylic acids is 1. The molecule has 3 unspecified atom stereocenters. The van der Waals surface area contributed by atoms with Crippen LogP contribution in [0.5, 0.6) is 0 Å². The Balaban J connectivity index is 0.867. The maximum Gasteiger partial charge on any atom is 0.355 e. The number of benzene rings is 2. The maximum atomic E-state index is 13.7. The third kappa shape index (κ3) is 10.8. The number of carbonyl (C=O) groups excluding carboxylic acids is 3. The van der Waals surface area contributed by atoms with E-state index in [1.807, 2.05) is 71.1 Å². The molecule has 2 aromatic carbocycles. The van der Waals surface area contributed by atoms with Crippen LogP contribution in [0.3, 0.4) is 0 Å². The van der Waals surface area contributed by atoms with Crippen LogP contribution in [0.1, 0.15) is 124 Å². The van der Waals surface area contributed by atoms with Gasteiger partial charge in [-0.1, -0.05) is 49.4 Å². The summed E-state index contributed by atoms with van der Waals surface area (Å²) in [6, 6.07) is 16.1. The van der Waals surface area contributed by atoms with Gasteiger partial charge in [0.25, 0.3) is 5.91 Å². The first-order valence-corrected chi connectivity index (χ1v) is 25.3. The van der Waals surface area contributed by atoms with Crippen molar-refractivity contribution in [1.82, 2.24) is 30.4 Å². The van der Waals surface area contributed by atoms with Crippen molar-refractivity contribution in [3.63, 3.8) is 0 Å². The maximum absolute atomic E-state index is 13.7. The molecule has 18 heteroatoms. The Morgan fingerprint density at radius 1 is 0.887 bits per heavy atom. The van der Waals surface area contributed by atoms with Crippen LogP contribution in [0.25, 0.3) is 21.3 Å². The van der Waals surface area contributed by atoms with Gasteiger partial charge in [-0.15, -0.1) is 0 Å². The highest BCUT2D eigenvalue weighted by molar-refractivity contribution is 7.22. The number of amides is 2. The summed E-state index contributed by atoms with van der Waals surface area (Å²) < 4.78 is 15.2. The second-order valence-corrected chi connectivity index (χ2v) is 23.2. The van der Waals surface area contributed by atoms with E-state index in [0.29, 0.717) is 53.7 Å². The number of fused-ring (bicyclic) bond motifs is 2. The lowest BCUT2D eigenvalue weighted by Gasteiger charge is -2.69. The second kappa shape index (κ2) is 19.1. The van der Waals surface area contributed by atoms with Crippen molar-refractivity contribution in [2.45, 2.75) is 130 Å². The fraction of sp³-hybridized carbons (Fsp3) is 0.509. The molecule has 3 atom stereocenters. The Kier molecular flexibility index (Phi) is 13.4. The molecule has 2 amide bonds. The number of anilines is 2. The minimum absolute atomic E-state index is 0.00684. The number of esters is 1. The molecule has 10 rings (SSSR count). The summed E-state index contributed by atoms with van der Waals surface area (Å²) in [6.07, 6.45) is 7.63. The van der Waals surface area contributed by atoms with Crippen molar-refractivity contribution in [2.24, 2.45) is 16.2 Å². The van der Waals surface area contributed by atoms with Crippen molar-refractivity contribution in [2.75, 3.05) is 36.5 Å². The van der Waals surface area contributed by atoms with E-state index in [1.165, 1.54) is 11.3 Å². The van der Waals surface area contributed by atoms with Gasteiger partial charge < -0.3 is 35.2 Å². The number of aromatic nitrogens is 4. The number of hydrogen-bond donors (Lipinski definition) is 5. The number of nitrogens with zero attached hydrogens (tertiary/aromatic N) is 5. The third-order valence-corrected chi connectivity index (χ3v) is 15.6. The first-order valence-electron chi connectivity index (χ1n) is 24.5. The molecule has 4 aliphatic carbocycles. The van der Waals surface area contributed by atoms with Crippen molar-refractivity contribution in [3.8, 4) is 11.1 Å². The number of carboxylic acids is 2. The molecule has 5 aromatic rings. The fourth-order valence-electron chi connectivity index (χ4n) is 13.2. The van der Waals surface area contributed by atoms with Gasteiger partial charge in [-0.25, -0.2) is 14.8 Å². The van der Waals surface area contributed by atoms with E-state index in [9.17, 15) is 34.2 Å². The summed E-state index contributed by atoms with van der Waals surface area (Å²) in [4.78, 5) is 75.1. The lowest BCUT2D eigenvalue weighted by molar-refractivity contribution is -0.247. The molecule has 4 heterocycles. The number of aliphatic carboxylic acids is 1. The van der Waals surface area contributed by atoms with Crippen LogP contribution in [0, 0.1) is 23.2 Å². The van der Waals surface area contributed by atoms with Crippen LogP contribution in [0.4, 0.5) is 10.9 Å². The molecule has 17 nitrogen and oxygen atoms in total. The fourth-order valence-corrected chi connectivity index (χ4v) is 14.0. The summed E-state index contributed by atoms with van der Waals surface area (Å²) in [5, 5.41) is 34.3. The number of carbonyl (C=O) groups is 5. The minimum Gasteiger partial charge on any atom is -0.481 e. The molecule has 4 bridgehead atoms. The number of pyridine rings is 1. The molecular formula is C53H64N8O9S. The van der Waals surface area contributed by atoms with Gasteiger partial charge in [0.1, 0.15) is 11.4 Å². The van der Waals surface area contributed by atoms with Gasteiger partial charge in [-0.3, -0.25) is 29.2 Å². The Morgan fingerprint density at radius 3 is 2.37 bits per heavy atom. The molecular weight excluding hydrogens is 925 g/mol. The number of thiazole rings is 1. The molecule has 71 heavy (non-hydrogen) atoms. The van der Waals surface area contributed by atoms with Gasteiger partial charge in [0.05, 0.1) is 47.5 Å². The van der Waals surface area contributed by atoms with Gasteiger partial charge in [-0.2, -0.15) is 5.10 Å². The minimum atomic E-state index is -1.15. The molecule has 4 saturated carbocycles. The monoisotopic (exact) mass is 988 g/mol. The third-order valence-electron chi connectivity index (χ3n) is 14.6. The van der Waals surface area contributed by atoms with E-state index >= 15 is 0 Å². The van der Waals surface area contributed by atoms with E-state index < -0.39 is 47.5 Å². The van der Waals surface area contributed by atoms with Gasteiger partial charge in [0.2, 0.25) is 5.91 Å². The van der Waals surface area contributed by atoms with Crippen molar-refractivity contribution < 1.29 is 43.7 Å². The highest BCUT2D eigenvalue weighted by atomic mass is 32.1. The molecule has 4 fully saturated rings. The molecule has 3 aromatic heterocycles. The predicted molar refractivity (Wildman–Crippen MR) is 268 cm³/mol. The van der Waals surface area contributed by atoms with Gasteiger partial charge in [0.15, 0.2) is 10.8 Å². The van der Waals surface area contributed by atoms with Crippen LogP contribution in [-0.4, -0.2) is 103 Å². The Morgan fingerprint density at radius 2 is 1.65 bits per heavy atom. The lowest BCUT2D eigenvalue weighted by Crippen LogP contribution is -2.64. The lowest BCUT2D eigenvalue weighted by atomic mass is 9.39. The van der Waals surface area contributed by atoms with Crippen molar-refractivity contribution >= 4 is 62.2 Å². The zero-order chi connectivity index (χ0) is 50.5. The summed E-state index contributed by atoms with van der Waals surface area (Å²) >= 11 is 1.42. The Bertz CT molecular complexity index is 2850. The van der Waals surface area contributed by atoms with Crippen LogP contribution in [0.2, 0.25) is 0 Å². The van der Waals surface area contributed by atoms with Gasteiger partial charge in [-0.05, 0) is 130 Å². The van der Waals surface area contributed by atoms with Crippen LogP contribution >= 0.6 is 11.3 Å². The second-order valence-electron chi connectivity index (χ2n) is 22.2. The van der Waals surface area contributed by atoms with Gasteiger partial charge >= 0.3 is 17.9 Å². The molecule has 0 saturated heterocycles. The molecule has 0 radical (unpaired) electrons. The Hall–Kier alpha value is -6.24. The van der Waals surface area contributed by atoms with Crippen molar-refractivity contribution in [1.29, 1.82) is 0 Å². The van der Waals surface area contributed by atoms with E-state index in [0.717, 1.165) is 65.6 Å². The average Bonchev–Trinajstić information content (AvgIpc) is 3.86. The average molecular weight is 989 g/mol. The molecule has 5 aliphatic rings. The number of carboxylic acid groups (broad SMARTS) is 2. The number of ether oxygens (including phenoxy) is 2. The first-order chi connectivity index (χ1) is 33.6. The zero-order valence-electron chi connectivity index (χ0n) is 41.4. The van der Waals surface area contributed by atoms with Crippen LogP contribution < -0.4 is 20.9 Å². The van der Waals surface area contributed by atoms with E-state index in [-0.39, 0.29) is 54.0 Å². The molecule has 0 spiro atoms. The number of rotatable bonds is 18. The van der Waals surface area contributed by atoms with E-state index in [1.54, 1.807) is 27.0 Å². The first kappa shape index (κ1) is 49.7. The van der Waals surface area contributed by atoms with Crippen molar-refractivity contribution in [3.05, 3.63) is 88.9 Å². The molecule has 5 N–H and O–H groups in total. The summed E-state index contributed by atoms with van der Waals surface area (Å²) in [6.45, 7) is 14.1. The van der Waals surface area contributed by atoms with Crippen LogP contribution in [-0.2, 0) is 43.4 Å². The smallest absolute Gasteiger partial charge is 0.355 e. The van der Waals surface area contributed by atoms with Crippen LogP contribution in [0.15, 0.2) is 60.8 Å². The number of nitrogens with one attached hydrogen (secondary N) is 3. The quantitative estimate of drug-likeness (QED) is 0.0417.